The molecule has 130 valence electrons. The van der Waals surface area contributed by atoms with Crippen LogP contribution in [0, 0.1) is 11.3 Å². The molecule has 5 heteroatoms. The predicted molar refractivity (Wildman–Crippen MR) is 98.2 cm³/mol. The molecule has 2 bridgehead atoms. The highest BCUT2D eigenvalue weighted by Crippen LogP contribution is 2.43. The van der Waals surface area contributed by atoms with E-state index in [2.05, 4.69) is 38.2 Å². The Morgan fingerprint density at radius 1 is 1.25 bits per heavy atom. The van der Waals surface area contributed by atoms with Crippen LogP contribution in [0.3, 0.4) is 0 Å². The van der Waals surface area contributed by atoms with Gasteiger partial charge in [0.1, 0.15) is 5.72 Å². The van der Waals surface area contributed by atoms with Crippen molar-refractivity contribution < 1.29 is 9.31 Å². The Labute approximate surface area is 145 Å². The highest BCUT2D eigenvalue weighted by molar-refractivity contribution is 6.81. The first-order valence-corrected chi connectivity index (χ1v) is 9.31. The Morgan fingerprint density at radius 3 is 2.79 bits per heavy atom. The van der Waals surface area contributed by atoms with E-state index in [9.17, 15) is 0 Å². The smallest absolute Gasteiger partial charge is 0.393 e. The topological polar surface area (TPSA) is 42.8 Å². The molecular formula is C19H28BN2O2-. The molecule has 0 aromatic heterocycles. The van der Waals surface area contributed by atoms with E-state index >= 15 is 0 Å². The van der Waals surface area contributed by atoms with Crippen LogP contribution in [0.5, 0.6) is 0 Å². The lowest BCUT2D eigenvalue weighted by atomic mass is 9.60. The van der Waals surface area contributed by atoms with Crippen molar-refractivity contribution in [3.63, 3.8) is 0 Å². The average molecular weight is 327 g/mol. The number of hydrogen-bond acceptors (Lipinski definition) is 4. The van der Waals surface area contributed by atoms with Gasteiger partial charge in [-0.25, -0.2) is 0 Å². The number of hydrogen-bond donors (Lipinski definition) is 1. The fourth-order valence-electron chi connectivity index (χ4n) is 4.42. The maximum absolute atomic E-state index is 6.67. The highest BCUT2D eigenvalue weighted by Gasteiger charge is 2.53. The molecule has 2 fully saturated rings. The van der Waals surface area contributed by atoms with Gasteiger partial charge in [0.05, 0.1) is 5.84 Å². The SMILES string of the molecule is CC(C)(C)CC1=N[B-]2(c3ccccc3)OCC3CCCCC3(N1)O2. The molecule has 3 atom stereocenters. The van der Waals surface area contributed by atoms with E-state index in [4.69, 9.17) is 14.2 Å². The van der Waals surface area contributed by atoms with Gasteiger partial charge in [-0.15, -0.1) is 5.46 Å². The molecule has 3 unspecified atom stereocenters. The van der Waals surface area contributed by atoms with Gasteiger partial charge >= 0.3 is 6.69 Å². The van der Waals surface area contributed by atoms with Gasteiger partial charge in [0.15, 0.2) is 0 Å². The van der Waals surface area contributed by atoms with Crippen molar-refractivity contribution in [2.75, 3.05) is 6.61 Å². The van der Waals surface area contributed by atoms with Crippen LogP contribution in [0.15, 0.2) is 35.2 Å². The predicted octanol–water partition coefficient (Wildman–Crippen LogP) is 3.20. The van der Waals surface area contributed by atoms with Crippen LogP contribution in [0.25, 0.3) is 0 Å². The molecule has 4 rings (SSSR count). The largest absolute Gasteiger partial charge is 0.545 e. The van der Waals surface area contributed by atoms with Crippen LogP contribution in [-0.4, -0.2) is 24.9 Å². The van der Waals surface area contributed by atoms with E-state index in [1.807, 2.05) is 18.2 Å². The van der Waals surface area contributed by atoms with Crippen molar-refractivity contribution in [2.45, 2.75) is 58.6 Å². The van der Waals surface area contributed by atoms with Crippen LogP contribution in [0.1, 0.15) is 52.9 Å². The molecule has 2 heterocycles. The number of benzene rings is 1. The first-order chi connectivity index (χ1) is 11.4. The van der Waals surface area contributed by atoms with Gasteiger partial charge in [-0.2, -0.15) is 0 Å². The van der Waals surface area contributed by atoms with Crippen molar-refractivity contribution in [3.05, 3.63) is 30.3 Å². The molecule has 1 saturated carbocycles. The first kappa shape index (κ1) is 16.2. The van der Waals surface area contributed by atoms with Crippen molar-refractivity contribution in [1.82, 2.24) is 5.32 Å². The summed E-state index contributed by atoms with van der Waals surface area (Å²) in [4.78, 5) is 5.00. The zero-order valence-corrected chi connectivity index (χ0v) is 15.0. The summed E-state index contributed by atoms with van der Waals surface area (Å²) in [6.07, 6.45) is 5.58. The summed E-state index contributed by atoms with van der Waals surface area (Å²) in [6.45, 7) is 5.70. The lowest BCUT2D eigenvalue weighted by Crippen LogP contribution is -2.74. The summed E-state index contributed by atoms with van der Waals surface area (Å²) in [5.41, 5.74) is 0.926. The summed E-state index contributed by atoms with van der Waals surface area (Å²) in [7, 11) is 0. The molecule has 1 saturated heterocycles. The molecule has 3 aliphatic rings. The molecule has 1 aromatic carbocycles. The van der Waals surface area contributed by atoms with Gasteiger partial charge < -0.3 is 19.5 Å². The van der Waals surface area contributed by atoms with Gasteiger partial charge in [-0.3, -0.25) is 0 Å². The minimum absolute atomic E-state index is 0.173. The summed E-state index contributed by atoms with van der Waals surface area (Å²) in [5.74, 6) is 1.46. The molecule has 0 amide bonds. The second-order valence-electron chi connectivity index (χ2n) is 8.80. The van der Waals surface area contributed by atoms with Gasteiger partial charge in [0, 0.05) is 18.9 Å². The standard InChI is InChI=1S/C19H28BN2O2/c1-18(2,3)13-17-21-19-12-8-7-9-15(19)14-23-20(22-17,24-19)16-10-5-4-6-11-16/h4-6,10-11,15H,7-9,12-14H2,1-3H3,(H,21,22)/q-1. The average Bonchev–Trinajstić information content (AvgIpc) is 2.53. The zero-order valence-electron chi connectivity index (χ0n) is 15.0. The minimum Gasteiger partial charge on any atom is -0.545 e. The van der Waals surface area contributed by atoms with Crippen LogP contribution in [0.2, 0.25) is 0 Å². The van der Waals surface area contributed by atoms with Gasteiger partial charge in [-0.1, -0.05) is 57.5 Å². The molecule has 1 aliphatic carbocycles. The van der Waals surface area contributed by atoms with Crippen LogP contribution < -0.4 is 10.8 Å². The number of nitrogens with zero attached hydrogens (tertiary/aromatic N) is 1. The van der Waals surface area contributed by atoms with Crippen molar-refractivity contribution in [3.8, 4) is 0 Å². The van der Waals surface area contributed by atoms with Gasteiger partial charge in [0.25, 0.3) is 0 Å². The number of amidine groups is 1. The zero-order chi connectivity index (χ0) is 16.8. The van der Waals surface area contributed by atoms with E-state index in [0.29, 0.717) is 5.92 Å². The van der Waals surface area contributed by atoms with E-state index in [-0.39, 0.29) is 11.1 Å². The van der Waals surface area contributed by atoms with E-state index in [0.717, 1.165) is 37.2 Å². The first-order valence-electron chi connectivity index (χ1n) is 9.31. The number of nitrogens with one attached hydrogen (secondary N) is 1. The lowest BCUT2D eigenvalue weighted by Gasteiger charge is -2.62. The Balaban J connectivity index is 1.78. The summed E-state index contributed by atoms with van der Waals surface area (Å²) in [5, 5.41) is 3.71. The molecule has 1 aromatic rings. The molecule has 1 N–H and O–H groups in total. The van der Waals surface area contributed by atoms with Crippen LogP contribution in [-0.2, 0) is 9.31 Å². The number of rotatable bonds is 2. The summed E-state index contributed by atoms with van der Waals surface area (Å²) in [6, 6.07) is 10.3. The third-order valence-electron chi connectivity index (χ3n) is 5.50. The molecule has 0 radical (unpaired) electrons. The van der Waals surface area contributed by atoms with Crippen molar-refractivity contribution >= 4 is 18.0 Å². The van der Waals surface area contributed by atoms with Crippen molar-refractivity contribution in [2.24, 2.45) is 16.2 Å². The quantitative estimate of drug-likeness (QED) is 0.848. The van der Waals surface area contributed by atoms with Crippen molar-refractivity contribution in [1.29, 1.82) is 0 Å². The molecule has 1 spiro atoms. The third kappa shape index (κ3) is 2.78. The fourth-order valence-corrected chi connectivity index (χ4v) is 4.42. The van der Waals surface area contributed by atoms with E-state index in [1.54, 1.807) is 0 Å². The monoisotopic (exact) mass is 327 g/mol. The van der Waals surface area contributed by atoms with Gasteiger partial charge in [0.2, 0.25) is 0 Å². The van der Waals surface area contributed by atoms with Gasteiger partial charge in [-0.05, 0) is 24.7 Å². The van der Waals surface area contributed by atoms with E-state index in [1.165, 1.54) is 12.8 Å². The van der Waals surface area contributed by atoms with Crippen LogP contribution in [0.4, 0.5) is 0 Å². The maximum atomic E-state index is 6.67. The molecule has 4 nitrogen and oxygen atoms in total. The molecular weight excluding hydrogens is 299 g/mol. The minimum atomic E-state index is -1.79. The second kappa shape index (κ2) is 5.60. The molecule has 2 aliphatic heterocycles. The Morgan fingerprint density at radius 2 is 2.04 bits per heavy atom. The summed E-state index contributed by atoms with van der Waals surface area (Å²) >= 11 is 0. The third-order valence-corrected chi connectivity index (χ3v) is 5.50. The highest BCUT2D eigenvalue weighted by atomic mass is 16.7. The second-order valence-corrected chi connectivity index (χ2v) is 8.80. The van der Waals surface area contributed by atoms with Crippen LogP contribution >= 0.6 is 0 Å². The summed E-state index contributed by atoms with van der Waals surface area (Å²) < 4.78 is 13.0. The Kier molecular flexibility index (Phi) is 3.77. The van der Waals surface area contributed by atoms with E-state index < -0.39 is 6.69 Å². The maximum Gasteiger partial charge on any atom is 0.393 e. The lowest BCUT2D eigenvalue weighted by molar-refractivity contribution is -0.119. The Bertz CT molecular complexity index is 643. The Hall–Kier alpha value is -1.33. The normalized spacial score (nSPS) is 35.6. The number of fused-ring (bicyclic) bond motifs is 1. The fraction of sp³-hybridized carbons (Fsp3) is 0.632. The molecule has 24 heavy (non-hydrogen) atoms.